The summed E-state index contributed by atoms with van der Waals surface area (Å²) >= 11 is 0. The fourth-order valence-electron chi connectivity index (χ4n) is 1.77. The summed E-state index contributed by atoms with van der Waals surface area (Å²) in [5, 5.41) is 2.56. The summed E-state index contributed by atoms with van der Waals surface area (Å²) in [6.07, 6.45) is 0. The van der Waals surface area contributed by atoms with Crippen LogP contribution in [0.4, 0.5) is 0 Å². The van der Waals surface area contributed by atoms with E-state index in [9.17, 15) is 13.2 Å². The van der Waals surface area contributed by atoms with Gasteiger partial charge < -0.3 is 10.2 Å². The predicted octanol–water partition coefficient (Wildman–Crippen LogP) is -0.913. The molecular formula is C10H21N3O3S. The molecule has 1 unspecified atom stereocenters. The Bertz CT molecular complexity index is 378. The molecule has 1 saturated heterocycles. The molecule has 0 aromatic carbocycles. The van der Waals surface area contributed by atoms with E-state index in [1.54, 1.807) is 27.9 Å². The summed E-state index contributed by atoms with van der Waals surface area (Å²) in [6, 6.07) is -0.619. The Morgan fingerprint density at radius 2 is 2.00 bits per heavy atom. The molecule has 1 amide bonds. The maximum absolute atomic E-state index is 12.2. The van der Waals surface area contributed by atoms with Crippen LogP contribution in [-0.4, -0.2) is 68.6 Å². The van der Waals surface area contributed by atoms with E-state index in [0.717, 1.165) is 0 Å². The van der Waals surface area contributed by atoms with Gasteiger partial charge in [-0.15, -0.1) is 0 Å². The minimum absolute atomic E-state index is 0.179. The summed E-state index contributed by atoms with van der Waals surface area (Å²) in [4.78, 5) is 13.4. The van der Waals surface area contributed by atoms with Gasteiger partial charge in [0, 0.05) is 33.7 Å². The van der Waals surface area contributed by atoms with Gasteiger partial charge in [-0.3, -0.25) is 4.79 Å². The van der Waals surface area contributed by atoms with E-state index in [2.05, 4.69) is 5.32 Å². The zero-order valence-corrected chi connectivity index (χ0v) is 11.6. The molecule has 1 aliphatic rings. The maximum Gasteiger partial charge on any atom is 0.241 e. The van der Waals surface area contributed by atoms with Crippen molar-refractivity contribution in [2.45, 2.75) is 25.1 Å². The molecule has 0 bridgehead atoms. The van der Waals surface area contributed by atoms with Crippen LogP contribution in [0, 0.1) is 0 Å². The number of amides is 1. The standard InChI is InChI=1S/C10H21N3O3S/c1-8(2)17(15,16)13-6-5-11-7-9(13)10(14)12(3)4/h8-9,11H,5-7H2,1-4H3. The van der Waals surface area contributed by atoms with E-state index in [0.29, 0.717) is 19.6 Å². The highest BCUT2D eigenvalue weighted by molar-refractivity contribution is 7.89. The van der Waals surface area contributed by atoms with Crippen molar-refractivity contribution in [2.24, 2.45) is 0 Å². The van der Waals surface area contributed by atoms with Crippen molar-refractivity contribution >= 4 is 15.9 Å². The average Bonchev–Trinajstić information content (AvgIpc) is 2.27. The second-order valence-corrected chi connectivity index (χ2v) is 7.10. The van der Waals surface area contributed by atoms with Gasteiger partial charge in [-0.1, -0.05) is 0 Å². The molecule has 7 heteroatoms. The Balaban J connectivity index is 2.99. The largest absolute Gasteiger partial charge is 0.347 e. The number of piperazine rings is 1. The number of hydrogen-bond donors (Lipinski definition) is 1. The number of sulfonamides is 1. The molecular weight excluding hydrogens is 242 g/mol. The monoisotopic (exact) mass is 263 g/mol. The van der Waals surface area contributed by atoms with Crippen molar-refractivity contribution in [1.29, 1.82) is 0 Å². The molecule has 0 aromatic heterocycles. The van der Waals surface area contributed by atoms with Gasteiger partial charge in [0.05, 0.1) is 5.25 Å². The summed E-state index contributed by atoms with van der Waals surface area (Å²) in [7, 11) is -0.110. The highest BCUT2D eigenvalue weighted by Crippen LogP contribution is 2.15. The fourth-order valence-corrected chi connectivity index (χ4v) is 3.18. The summed E-state index contributed by atoms with van der Waals surface area (Å²) in [6.45, 7) is 4.58. The molecule has 17 heavy (non-hydrogen) atoms. The Hall–Kier alpha value is -0.660. The first kappa shape index (κ1) is 14.4. The molecule has 100 valence electrons. The van der Waals surface area contributed by atoms with Crippen LogP contribution in [0.2, 0.25) is 0 Å². The molecule has 0 aliphatic carbocycles. The molecule has 1 fully saturated rings. The smallest absolute Gasteiger partial charge is 0.241 e. The number of nitrogens with one attached hydrogen (secondary N) is 1. The molecule has 6 nitrogen and oxygen atoms in total. The summed E-state index contributed by atoms with van der Waals surface area (Å²) < 4.78 is 25.6. The lowest BCUT2D eigenvalue weighted by Gasteiger charge is -2.36. The van der Waals surface area contributed by atoms with Crippen LogP contribution in [0.3, 0.4) is 0 Å². The van der Waals surface area contributed by atoms with Crippen molar-refractivity contribution in [3.8, 4) is 0 Å². The molecule has 1 rings (SSSR count). The minimum Gasteiger partial charge on any atom is -0.347 e. The van der Waals surface area contributed by atoms with E-state index in [4.69, 9.17) is 0 Å². The SMILES string of the molecule is CC(C)S(=O)(=O)N1CCNCC1C(=O)N(C)C. The number of likely N-dealkylation sites (N-methyl/N-ethyl adjacent to an activating group) is 1. The molecule has 0 saturated carbocycles. The highest BCUT2D eigenvalue weighted by Gasteiger charge is 2.38. The van der Waals surface area contributed by atoms with Crippen LogP contribution in [0.5, 0.6) is 0 Å². The lowest BCUT2D eigenvalue weighted by molar-refractivity contribution is -0.133. The van der Waals surface area contributed by atoms with Crippen molar-refractivity contribution in [1.82, 2.24) is 14.5 Å². The van der Waals surface area contributed by atoms with Crippen LogP contribution in [0.15, 0.2) is 0 Å². The van der Waals surface area contributed by atoms with Gasteiger partial charge >= 0.3 is 0 Å². The number of nitrogens with zero attached hydrogens (tertiary/aromatic N) is 2. The maximum atomic E-state index is 12.2. The molecule has 1 heterocycles. The Labute approximate surface area is 103 Å². The molecule has 1 atom stereocenters. The number of carbonyl (C=O) groups is 1. The quantitative estimate of drug-likeness (QED) is 0.715. The Morgan fingerprint density at radius 1 is 1.41 bits per heavy atom. The van der Waals surface area contributed by atoms with Crippen LogP contribution in [0.25, 0.3) is 0 Å². The Morgan fingerprint density at radius 3 is 2.47 bits per heavy atom. The van der Waals surface area contributed by atoms with E-state index in [-0.39, 0.29) is 5.91 Å². The average molecular weight is 263 g/mol. The van der Waals surface area contributed by atoms with Gasteiger partial charge in [-0.2, -0.15) is 4.31 Å². The predicted molar refractivity (Wildman–Crippen MR) is 66.1 cm³/mol. The zero-order valence-electron chi connectivity index (χ0n) is 10.8. The van der Waals surface area contributed by atoms with Crippen LogP contribution in [-0.2, 0) is 14.8 Å². The van der Waals surface area contributed by atoms with Gasteiger partial charge in [-0.05, 0) is 13.8 Å². The van der Waals surface area contributed by atoms with Gasteiger partial charge in [0.2, 0.25) is 15.9 Å². The van der Waals surface area contributed by atoms with E-state index in [1.807, 2.05) is 0 Å². The third-order valence-electron chi connectivity index (χ3n) is 2.84. The van der Waals surface area contributed by atoms with Gasteiger partial charge in [0.1, 0.15) is 6.04 Å². The lowest BCUT2D eigenvalue weighted by Crippen LogP contribution is -2.60. The van der Waals surface area contributed by atoms with Crippen molar-refractivity contribution in [3.05, 3.63) is 0 Å². The molecule has 0 aromatic rings. The zero-order chi connectivity index (χ0) is 13.2. The van der Waals surface area contributed by atoms with Gasteiger partial charge in [0.25, 0.3) is 0 Å². The van der Waals surface area contributed by atoms with Crippen molar-refractivity contribution in [2.75, 3.05) is 33.7 Å². The number of rotatable bonds is 3. The molecule has 1 aliphatic heterocycles. The molecule has 0 radical (unpaired) electrons. The number of carbonyl (C=O) groups excluding carboxylic acids is 1. The first-order valence-corrected chi connectivity index (χ1v) is 7.21. The number of hydrogen-bond acceptors (Lipinski definition) is 4. The van der Waals surface area contributed by atoms with Crippen LogP contribution >= 0.6 is 0 Å². The molecule has 1 N–H and O–H groups in total. The Kier molecular flexibility index (Phi) is 4.51. The topological polar surface area (TPSA) is 69.7 Å². The second-order valence-electron chi connectivity index (χ2n) is 4.66. The first-order valence-electron chi connectivity index (χ1n) is 5.71. The van der Waals surface area contributed by atoms with Gasteiger partial charge in [0.15, 0.2) is 0 Å². The fraction of sp³-hybridized carbons (Fsp3) is 0.900. The minimum atomic E-state index is -3.38. The molecule has 0 spiro atoms. The van der Waals surface area contributed by atoms with E-state index >= 15 is 0 Å². The lowest BCUT2D eigenvalue weighted by atomic mass is 10.2. The first-order chi connectivity index (χ1) is 7.78. The van der Waals surface area contributed by atoms with Gasteiger partial charge in [-0.25, -0.2) is 8.42 Å². The third kappa shape index (κ3) is 2.97. The van der Waals surface area contributed by atoms with Crippen LogP contribution in [0.1, 0.15) is 13.8 Å². The van der Waals surface area contributed by atoms with E-state index in [1.165, 1.54) is 9.21 Å². The van der Waals surface area contributed by atoms with E-state index < -0.39 is 21.3 Å². The second kappa shape index (κ2) is 5.32. The third-order valence-corrected chi connectivity index (χ3v) is 5.12. The normalized spacial score (nSPS) is 22.8. The van der Waals surface area contributed by atoms with Crippen molar-refractivity contribution < 1.29 is 13.2 Å². The summed E-state index contributed by atoms with van der Waals surface area (Å²) in [5.74, 6) is -0.179. The highest BCUT2D eigenvalue weighted by atomic mass is 32.2. The summed E-state index contributed by atoms with van der Waals surface area (Å²) in [5.41, 5.74) is 0. The van der Waals surface area contributed by atoms with Crippen molar-refractivity contribution in [3.63, 3.8) is 0 Å². The van der Waals surface area contributed by atoms with Crippen LogP contribution < -0.4 is 5.32 Å².